The number of rotatable bonds is 5. The first-order valence-corrected chi connectivity index (χ1v) is 8.76. The molecule has 0 unspecified atom stereocenters. The molecule has 0 aliphatic heterocycles. The van der Waals surface area contributed by atoms with Crippen molar-refractivity contribution < 1.29 is 0 Å². The van der Waals surface area contributed by atoms with Gasteiger partial charge in [-0.2, -0.15) is 0 Å². The van der Waals surface area contributed by atoms with E-state index < -0.39 is 0 Å². The van der Waals surface area contributed by atoms with E-state index in [-0.39, 0.29) is 11.1 Å². The Kier molecular flexibility index (Phi) is 4.80. The van der Waals surface area contributed by atoms with Crippen molar-refractivity contribution in [3.05, 3.63) is 68.1 Å². The van der Waals surface area contributed by atoms with Crippen molar-refractivity contribution in [2.45, 2.75) is 37.6 Å². The molecule has 0 aliphatic rings. The van der Waals surface area contributed by atoms with Gasteiger partial charge in [0.2, 0.25) is 0 Å². The molecule has 6 nitrogen and oxygen atoms in total. The monoisotopic (exact) mass is 342 g/mol. The third-order valence-electron chi connectivity index (χ3n) is 3.58. The number of aryl methyl sites for hydroxylation is 2. The fourth-order valence-electron chi connectivity index (χ4n) is 2.46. The van der Waals surface area contributed by atoms with E-state index in [0.29, 0.717) is 22.3 Å². The molecule has 0 bridgehead atoms. The van der Waals surface area contributed by atoms with Crippen molar-refractivity contribution in [3.63, 3.8) is 0 Å². The molecule has 24 heavy (non-hydrogen) atoms. The van der Waals surface area contributed by atoms with Gasteiger partial charge in [-0.25, -0.2) is 9.97 Å². The summed E-state index contributed by atoms with van der Waals surface area (Å²) in [6, 6.07) is 6.80. The highest BCUT2D eigenvalue weighted by molar-refractivity contribution is 7.98. The Morgan fingerprint density at radius 1 is 1.21 bits per heavy atom. The molecule has 124 valence electrons. The highest BCUT2D eigenvalue weighted by Crippen LogP contribution is 2.17. The molecule has 3 aromatic heterocycles. The smallest absolute Gasteiger partial charge is 0.258 e. The van der Waals surface area contributed by atoms with Crippen LogP contribution in [0.4, 0.5) is 0 Å². The fraction of sp³-hybridized carbons (Fsp3) is 0.294. The van der Waals surface area contributed by atoms with Crippen molar-refractivity contribution in [2.24, 2.45) is 0 Å². The van der Waals surface area contributed by atoms with Gasteiger partial charge in [0.1, 0.15) is 5.65 Å². The zero-order valence-electron chi connectivity index (χ0n) is 13.6. The van der Waals surface area contributed by atoms with E-state index in [1.54, 1.807) is 6.20 Å². The molecule has 0 atom stereocenters. The van der Waals surface area contributed by atoms with E-state index in [2.05, 4.69) is 15.0 Å². The molecule has 0 aromatic carbocycles. The minimum Gasteiger partial charge on any atom is -0.301 e. The molecule has 0 aliphatic carbocycles. The lowest BCUT2D eigenvalue weighted by molar-refractivity contribution is 0.815. The van der Waals surface area contributed by atoms with Gasteiger partial charge in [-0.05, 0) is 25.0 Å². The summed E-state index contributed by atoms with van der Waals surface area (Å²) in [6.07, 6.45) is 3.41. The van der Waals surface area contributed by atoms with Crippen LogP contribution in [0.2, 0.25) is 0 Å². The molecular formula is C17H18N4O2S. The number of thioether (sulfide) groups is 1. The SMILES string of the molecule is CCCc1cc(=O)[nH]c(SCc2cc(=O)n3cccc(C)c3n2)n1. The van der Waals surface area contributed by atoms with Gasteiger partial charge in [0, 0.05) is 29.8 Å². The van der Waals surface area contributed by atoms with Crippen LogP contribution >= 0.6 is 11.8 Å². The van der Waals surface area contributed by atoms with Crippen LogP contribution in [0.1, 0.15) is 30.3 Å². The number of aromatic nitrogens is 4. The molecule has 0 amide bonds. The first-order chi connectivity index (χ1) is 11.6. The lowest BCUT2D eigenvalue weighted by Gasteiger charge is -2.06. The second-order valence-electron chi connectivity index (χ2n) is 5.55. The highest BCUT2D eigenvalue weighted by Gasteiger charge is 2.07. The van der Waals surface area contributed by atoms with Crippen molar-refractivity contribution >= 4 is 17.4 Å². The molecule has 0 spiro atoms. The van der Waals surface area contributed by atoms with Crippen LogP contribution < -0.4 is 11.1 Å². The number of fused-ring (bicyclic) bond motifs is 1. The largest absolute Gasteiger partial charge is 0.301 e. The summed E-state index contributed by atoms with van der Waals surface area (Å²) in [6.45, 7) is 3.97. The summed E-state index contributed by atoms with van der Waals surface area (Å²) in [5.74, 6) is 0.471. The summed E-state index contributed by atoms with van der Waals surface area (Å²) >= 11 is 1.37. The summed E-state index contributed by atoms with van der Waals surface area (Å²) in [4.78, 5) is 35.6. The van der Waals surface area contributed by atoms with E-state index in [4.69, 9.17) is 0 Å². The quantitative estimate of drug-likeness (QED) is 0.568. The van der Waals surface area contributed by atoms with Crippen LogP contribution in [-0.2, 0) is 12.2 Å². The average molecular weight is 342 g/mol. The predicted octanol–water partition coefficient (Wildman–Crippen LogP) is 2.33. The van der Waals surface area contributed by atoms with E-state index >= 15 is 0 Å². The molecular weight excluding hydrogens is 324 g/mol. The summed E-state index contributed by atoms with van der Waals surface area (Å²) in [5, 5.41) is 0.553. The van der Waals surface area contributed by atoms with Crippen LogP contribution in [0.3, 0.4) is 0 Å². The summed E-state index contributed by atoms with van der Waals surface area (Å²) in [7, 11) is 0. The third kappa shape index (κ3) is 3.56. The lowest BCUT2D eigenvalue weighted by atomic mass is 10.2. The molecule has 3 aromatic rings. The standard InChI is InChI=1S/C17H18N4O2S/c1-3-5-12-8-14(22)20-17(19-12)24-10-13-9-15(23)21-7-4-6-11(2)16(21)18-13/h4,6-9H,3,5,10H2,1-2H3,(H,19,20,22). The van der Waals surface area contributed by atoms with Crippen molar-refractivity contribution in [2.75, 3.05) is 0 Å². The molecule has 0 radical (unpaired) electrons. The number of hydrogen-bond donors (Lipinski definition) is 1. The van der Waals surface area contributed by atoms with E-state index in [0.717, 1.165) is 24.1 Å². The number of hydrogen-bond acceptors (Lipinski definition) is 5. The lowest BCUT2D eigenvalue weighted by Crippen LogP contribution is -2.16. The van der Waals surface area contributed by atoms with Crippen LogP contribution in [-0.4, -0.2) is 19.4 Å². The molecule has 3 rings (SSSR count). The molecule has 0 fully saturated rings. The summed E-state index contributed by atoms with van der Waals surface area (Å²) in [5.41, 5.74) is 2.78. The van der Waals surface area contributed by atoms with Crippen LogP contribution in [0.25, 0.3) is 5.65 Å². The normalized spacial score (nSPS) is 11.1. The topological polar surface area (TPSA) is 80.1 Å². The Balaban J connectivity index is 1.87. The number of nitrogens with zero attached hydrogens (tertiary/aromatic N) is 3. The Morgan fingerprint density at radius 3 is 2.83 bits per heavy atom. The molecule has 1 N–H and O–H groups in total. The molecule has 0 saturated heterocycles. The number of H-pyrrole nitrogens is 1. The number of nitrogens with one attached hydrogen (secondary N) is 1. The Morgan fingerprint density at radius 2 is 2.04 bits per heavy atom. The van der Waals surface area contributed by atoms with Crippen molar-refractivity contribution in [1.29, 1.82) is 0 Å². The van der Waals surface area contributed by atoms with Gasteiger partial charge >= 0.3 is 0 Å². The minimum absolute atomic E-state index is 0.111. The Labute approximate surface area is 143 Å². The van der Waals surface area contributed by atoms with Gasteiger partial charge in [-0.1, -0.05) is 31.2 Å². The molecule has 3 heterocycles. The van der Waals surface area contributed by atoms with Crippen molar-refractivity contribution in [3.8, 4) is 0 Å². The Hall–Kier alpha value is -2.41. The van der Waals surface area contributed by atoms with Gasteiger partial charge in [-0.15, -0.1) is 0 Å². The maximum atomic E-state index is 12.2. The maximum Gasteiger partial charge on any atom is 0.258 e. The zero-order chi connectivity index (χ0) is 17.1. The number of aromatic amines is 1. The maximum absolute atomic E-state index is 12.2. The van der Waals surface area contributed by atoms with Gasteiger partial charge in [0.05, 0.1) is 5.69 Å². The van der Waals surface area contributed by atoms with Gasteiger partial charge < -0.3 is 4.98 Å². The van der Waals surface area contributed by atoms with E-state index in [9.17, 15) is 9.59 Å². The second-order valence-corrected chi connectivity index (χ2v) is 6.52. The van der Waals surface area contributed by atoms with Gasteiger partial charge in [0.15, 0.2) is 5.16 Å². The van der Waals surface area contributed by atoms with E-state index in [1.807, 2.05) is 26.0 Å². The first-order valence-electron chi connectivity index (χ1n) is 7.78. The molecule has 7 heteroatoms. The average Bonchev–Trinajstić information content (AvgIpc) is 2.54. The van der Waals surface area contributed by atoms with E-state index in [1.165, 1.54) is 28.3 Å². The van der Waals surface area contributed by atoms with Crippen LogP contribution in [0.5, 0.6) is 0 Å². The highest BCUT2D eigenvalue weighted by atomic mass is 32.2. The number of pyridine rings is 1. The minimum atomic E-state index is -0.154. The van der Waals surface area contributed by atoms with Crippen LogP contribution in [0.15, 0.2) is 45.2 Å². The second kappa shape index (κ2) is 7.00. The first kappa shape index (κ1) is 16.4. The summed E-state index contributed by atoms with van der Waals surface area (Å²) < 4.78 is 1.53. The van der Waals surface area contributed by atoms with Gasteiger partial charge in [-0.3, -0.25) is 14.0 Å². The Bertz CT molecular complexity index is 994. The zero-order valence-corrected chi connectivity index (χ0v) is 14.4. The predicted molar refractivity (Wildman–Crippen MR) is 94.6 cm³/mol. The van der Waals surface area contributed by atoms with Crippen LogP contribution in [0, 0.1) is 6.92 Å². The third-order valence-corrected chi connectivity index (χ3v) is 4.48. The van der Waals surface area contributed by atoms with Crippen molar-refractivity contribution in [1.82, 2.24) is 19.4 Å². The fourth-order valence-corrected chi connectivity index (χ4v) is 3.25. The van der Waals surface area contributed by atoms with Gasteiger partial charge in [0.25, 0.3) is 11.1 Å². The molecule has 0 saturated carbocycles.